The van der Waals surface area contributed by atoms with Gasteiger partial charge < -0.3 is 5.73 Å². The van der Waals surface area contributed by atoms with Crippen LogP contribution in [0.2, 0.25) is 0 Å². The molecule has 0 aliphatic heterocycles. The van der Waals surface area contributed by atoms with Crippen molar-refractivity contribution < 1.29 is 4.79 Å². The van der Waals surface area contributed by atoms with E-state index < -0.39 is 5.91 Å². The van der Waals surface area contributed by atoms with E-state index in [1.54, 1.807) is 6.92 Å². The lowest BCUT2D eigenvalue weighted by Crippen LogP contribution is -2.06. The lowest BCUT2D eigenvalue weighted by Gasteiger charge is -1.80. The molecular weight excluding hydrogens is 102 g/mol. The zero-order valence-corrected chi connectivity index (χ0v) is 4.64. The number of primary amides is 1. The van der Waals surface area contributed by atoms with Crippen LogP contribution in [0, 0.1) is 12.3 Å². The van der Waals surface area contributed by atoms with Crippen molar-refractivity contribution >= 4 is 5.91 Å². The van der Waals surface area contributed by atoms with Crippen LogP contribution in [0.4, 0.5) is 0 Å². The normalized spacial score (nSPS) is 10.2. The Morgan fingerprint density at radius 1 is 1.88 bits per heavy atom. The molecule has 2 N–H and O–H groups in total. The summed E-state index contributed by atoms with van der Waals surface area (Å²) in [5.41, 5.74) is 5.31. The van der Waals surface area contributed by atoms with Gasteiger partial charge in [-0.25, -0.2) is 0 Å². The summed E-state index contributed by atoms with van der Waals surface area (Å²) in [7, 11) is 0. The summed E-state index contributed by atoms with van der Waals surface area (Å²) in [5, 5.41) is 0. The Morgan fingerprint density at radius 3 is 2.50 bits per heavy atom. The Hall–Kier alpha value is -1.23. The van der Waals surface area contributed by atoms with Crippen LogP contribution in [0.5, 0.6) is 0 Å². The summed E-state index contributed by atoms with van der Waals surface area (Å²) >= 11 is 0. The van der Waals surface area contributed by atoms with E-state index in [-0.39, 0.29) is 0 Å². The van der Waals surface area contributed by atoms with E-state index in [0.717, 1.165) is 0 Å². The maximum atomic E-state index is 10.0. The summed E-state index contributed by atoms with van der Waals surface area (Å²) in [4.78, 5) is 10.0. The van der Waals surface area contributed by atoms with Gasteiger partial charge in [0, 0.05) is 11.6 Å². The van der Waals surface area contributed by atoms with Crippen molar-refractivity contribution in [3.63, 3.8) is 0 Å². The second-order valence-electron chi connectivity index (χ2n) is 1.37. The zero-order chi connectivity index (χ0) is 6.57. The highest BCUT2D eigenvalue weighted by molar-refractivity contribution is 5.87. The van der Waals surface area contributed by atoms with Crippen LogP contribution in [-0.4, -0.2) is 5.91 Å². The smallest absolute Gasteiger partial charge is 0.242 e. The summed E-state index contributed by atoms with van der Waals surface area (Å²) in [6.45, 7) is 1.64. The fraction of sp³-hybridized carbons (Fsp3) is 0.167. The van der Waals surface area contributed by atoms with Gasteiger partial charge in [-0.15, -0.1) is 6.42 Å². The van der Waals surface area contributed by atoms with Gasteiger partial charge in [0.05, 0.1) is 0 Å². The summed E-state index contributed by atoms with van der Waals surface area (Å²) in [5.74, 6) is 1.76. The molecule has 0 spiro atoms. The fourth-order valence-corrected chi connectivity index (χ4v) is 0.255. The second kappa shape index (κ2) is 2.86. The van der Waals surface area contributed by atoms with Crippen LogP contribution in [0.25, 0.3) is 0 Å². The monoisotopic (exact) mass is 109 g/mol. The molecule has 0 bridgehead atoms. The second-order valence-corrected chi connectivity index (χ2v) is 1.37. The molecule has 0 aromatic rings. The largest absolute Gasteiger partial charge is 0.366 e. The van der Waals surface area contributed by atoms with Crippen LogP contribution in [0.15, 0.2) is 11.6 Å². The van der Waals surface area contributed by atoms with Crippen molar-refractivity contribution in [2.45, 2.75) is 6.92 Å². The minimum atomic E-state index is -0.500. The van der Waals surface area contributed by atoms with E-state index in [1.807, 2.05) is 0 Å². The van der Waals surface area contributed by atoms with Crippen LogP contribution in [0.1, 0.15) is 6.92 Å². The van der Waals surface area contributed by atoms with Gasteiger partial charge in [-0.2, -0.15) is 0 Å². The van der Waals surface area contributed by atoms with Gasteiger partial charge in [0.15, 0.2) is 0 Å². The molecule has 0 saturated carbocycles. The molecule has 0 aliphatic rings. The molecule has 1 amide bonds. The minimum absolute atomic E-state index is 0.500. The molecule has 2 nitrogen and oxygen atoms in total. The van der Waals surface area contributed by atoms with Crippen molar-refractivity contribution in [3.8, 4) is 12.3 Å². The van der Waals surface area contributed by atoms with Crippen molar-refractivity contribution in [1.82, 2.24) is 0 Å². The van der Waals surface area contributed by atoms with E-state index in [0.29, 0.717) is 5.57 Å². The van der Waals surface area contributed by atoms with Gasteiger partial charge in [-0.3, -0.25) is 4.79 Å². The molecule has 0 rings (SSSR count). The number of amides is 1. The lowest BCUT2D eigenvalue weighted by atomic mass is 10.3. The summed E-state index contributed by atoms with van der Waals surface area (Å²) < 4.78 is 0. The number of hydrogen-bond donors (Lipinski definition) is 1. The molecule has 0 aromatic heterocycles. The van der Waals surface area contributed by atoms with Crippen molar-refractivity contribution in [3.05, 3.63) is 11.6 Å². The predicted octanol–water partition coefficient (Wildman–Crippen LogP) is 0.0512. The Bertz CT molecular complexity index is 162. The first-order chi connectivity index (χ1) is 3.66. The Labute approximate surface area is 48.4 Å². The topological polar surface area (TPSA) is 43.1 Å². The van der Waals surface area contributed by atoms with E-state index in [9.17, 15) is 4.79 Å². The number of terminal acetylenes is 1. The first-order valence-electron chi connectivity index (χ1n) is 2.11. The third-order valence-electron chi connectivity index (χ3n) is 0.586. The quantitative estimate of drug-likeness (QED) is 0.375. The van der Waals surface area contributed by atoms with Crippen molar-refractivity contribution in [1.29, 1.82) is 0 Å². The standard InChI is InChI=1S/C6H7NO/c1-3-5(2)4-6(7)8/h1,4H,2H3,(H2,7,8). The third kappa shape index (κ3) is 2.98. The van der Waals surface area contributed by atoms with Gasteiger partial charge in [0.2, 0.25) is 5.91 Å². The van der Waals surface area contributed by atoms with Crippen molar-refractivity contribution in [2.24, 2.45) is 5.73 Å². The number of carbonyl (C=O) groups is 1. The minimum Gasteiger partial charge on any atom is -0.366 e. The maximum Gasteiger partial charge on any atom is 0.242 e. The van der Waals surface area contributed by atoms with Gasteiger partial charge >= 0.3 is 0 Å². The van der Waals surface area contributed by atoms with Gasteiger partial charge in [-0.1, -0.05) is 5.92 Å². The lowest BCUT2D eigenvalue weighted by molar-refractivity contribution is -0.113. The summed E-state index contributed by atoms with van der Waals surface area (Å²) in [6, 6.07) is 0. The number of allylic oxidation sites excluding steroid dienone is 1. The molecule has 0 heterocycles. The average molecular weight is 109 g/mol. The third-order valence-corrected chi connectivity index (χ3v) is 0.586. The van der Waals surface area contributed by atoms with E-state index in [4.69, 9.17) is 12.2 Å². The predicted molar refractivity (Wildman–Crippen MR) is 31.8 cm³/mol. The number of hydrogen-bond acceptors (Lipinski definition) is 1. The van der Waals surface area contributed by atoms with Gasteiger partial charge in [-0.05, 0) is 6.92 Å². The Balaban J connectivity index is 4.01. The maximum absolute atomic E-state index is 10.0. The van der Waals surface area contributed by atoms with Gasteiger partial charge in [0.1, 0.15) is 0 Å². The first kappa shape index (κ1) is 6.77. The molecule has 0 aromatic carbocycles. The molecule has 42 valence electrons. The molecule has 2 heteroatoms. The van der Waals surface area contributed by atoms with Crippen LogP contribution in [0.3, 0.4) is 0 Å². The fourth-order valence-electron chi connectivity index (χ4n) is 0.255. The van der Waals surface area contributed by atoms with Crippen LogP contribution in [-0.2, 0) is 4.79 Å². The van der Waals surface area contributed by atoms with Crippen LogP contribution >= 0.6 is 0 Å². The van der Waals surface area contributed by atoms with E-state index in [2.05, 4.69) is 5.92 Å². The van der Waals surface area contributed by atoms with E-state index >= 15 is 0 Å². The molecule has 0 fully saturated rings. The van der Waals surface area contributed by atoms with Crippen molar-refractivity contribution in [2.75, 3.05) is 0 Å². The average Bonchev–Trinajstić information content (AvgIpc) is 1.65. The summed E-state index contributed by atoms with van der Waals surface area (Å²) in [6.07, 6.45) is 6.10. The number of rotatable bonds is 1. The number of carbonyl (C=O) groups excluding carboxylic acids is 1. The highest BCUT2D eigenvalue weighted by Crippen LogP contribution is 1.84. The SMILES string of the molecule is C#CC(C)=CC(N)=O. The van der Waals surface area contributed by atoms with E-state index in [1.165, 1.54) is 6.08 Å². The molecule has 0 aliphatic carbocycles. The molecule has 0 atom stereocenters. The van der Waals surface area contributed by atoms with Gasteiger partial charge in [0.25, 0.3) is 0 Å². The highest BCUT2D eigenvalue weighted by Gasteiger charge is 1.83. The van der Waals surface area contributed by atoms with Crippen LogP contribution < -0.4 is 5.73 Å². The molecular formula is C6H7NO. The Morgan fingerprint density at radius 2 is 2.38 bits per heavy atom. The molecule has 0 unspecified atom stereocenters. The zero-order valence-electron chi connectivity index (χ0n) is 4.64. The first-order valence-corrected chi connectivity index (χ1v) is 2.11. The Kier molecular flexibility index (Phi) is 2.42. The molecule has 8 heavy (non-hydrogen) atoms. The molecule has 0 radical (unpaired) electrons. The molecule has 0 saturated heterocycles. The highest BCUT2D eigenvalue weighted by atomic mass is 16.1. The number of nitrogens with two attached hydrogens (primary N) is 1.